The number of likely N-dealkylation sites (tertiary alicyclic amines) is 1. The van der Waals surface area contributed by atoms with E-state index in [2.05, 4.69) is 0 Å². The highest BCUT2D eigenvalue weighted by atomic mass is 16.6. The fraction of sp³-hybridized carbons (Fsp3) is 0.500. The van der Waals surface area contributed by atoms with Gasteiger partial charge in [0.25, 0.3) is 5.91 Å². The number of hydrogen-bond acceptors (Lipinski definition) is 6. The molecule has 4 aliphatic rings. The molecule has 5 atom stereocenters. The van der Waals surface area contributed by atoms with Crippen LogP contribution in [0.25, 0.3) is 0 Å². The molecule has 0 aromatic heterocycles. The summed E-state index contributed by atoms with van der Waals surface area (Å²) in [6, 6.07) is 4.85. The van der Waals surface area contributed by atoms with Gasteiger partial charge in [-0.25, -0.2) is 0 Å². The minimum atomic E-state index is -1.31. The van der Waals surface area contributed by atoms with E-state index in [1.807, 2.05) is 50.3 Å². The number of aliphatic hydroxyl groups is 1. The fourth-order valence-corrected chi connectivity index (χ4v) is 6.03. The molecule has 2 amide bonds. The summed E-state index contributed by atoms with van der Waals surface area (Å²) in [7, 11) is 0. The first-order valence-electron chi connectivity index (χ1n) is 11.9. The summed E-state index contributed by atoms with van der Waals surface area (Å²) in [5.41, 5.74) is 1.38. The summed E-state index contributed by atoms with van der Waals surface area (Å²) in [6.07, 6.45) is 8.21. The van der Waals surface area contributed by atoms with Gasteiger partial charge in [-0.3, -0.25) is 14.4 Å². The van der Waals surface area contributed by atoms with Crippen LogP contribution in [-0.2, 0) is 23.9 Å². The number of benzene rings is 1. The molecule has 0 saturated carbocycles. The van der Waals surface area contributed by atoms with E-state index in [4.69, 9.17) is 9.47 Å². The third kappa shape index (κ3) is 3.31. The van der Waals surface area contributed by atoms with Gasteiger partial charge in [-0.2, -0.15) is 0 Å². The summed E-state index contributed by atoms with van der Waals surface area (Å²) >= 11 is 0. The number of carbonyl (C=O) groups excluding carboxylic acids is 3. The van der Waals surface area contributed by atoms with Crippen molar-refractivity contribution in [2.45, 2.75) is 44.4 Å². The second-order valence-electron chi connectivity index (χ2n) is 9.43. The molecule has 1 N–H and O–H groups in total. The first-order chi connectivity index (χ1) is 16.4. The largest absolute Gasteiger partial charge is 0.465 e. The highest BCUT2D eigenvalue weighted by molar-refractivity contribution is 6.06. The standard InChI is InChI=1S/C26H30N2O6/c1-16-8-6-9-17(2)21(16)27-12-7-11-26-20(23(30)28(13-14-29)22(26)24(27)31)19-18(34-26)10-4-3-5-15-33-25(19)32/h4,6-11,18-20,22,29H,3,5,12-15H2,1-2H3/b10-4-/t18-,19+,20-,22?,26-/m0/s1. The zero-order valence-electron chi connectivity index (χ0n) is 19.5. The molecular weight excluding hydrogens is 436 g/mol. The molecular formula is C26H30N2O6. The summed E-state index contributed by atoms with van der Waals surface area (Å²) < 4.78 is 12.0. The van der Waals surface area contributed by atoms with Crippen LogP contribution < -0.4 is 4.90 Å². The van der Waals surface area contributed by atoms with Crippen molar-refractivity contribution in [1.82, 2.24) is 4.90 Å². The summed E-state index contributed by atoms with van der Waals surface area (Å²) in [4.78, 5) is 44.1. The Morgan fingerprint density at radius 2 is 1.88 bits per heavy atom. The summed E-state index contributed by atoms with van der Waals surface area (Å²) in [5.74, 6) is -2.87. The van der Waals surface area contributed by atoms with E-state index in [1.54, 1.807) is 11.0 Å². The molecule has 1 unspecified atom stereocenters. The average molecular weight is 467 g/mol. The minimum Gasteiger partial charge on any atom is -0.465 e. The lowest BCUT2D eigenvalue weighted by molar-refractivity contribution is -0.154. The molecule has 8 heteroatoms. The molecule has 1 aromatic rings. The Labute approximate surface area is 198 Å². The number of aliphatic hydroxyl groups excluding tert-OH is 1. The molecule has 4 aliphatic heterocycles. The lowest BCUT2D eigenvalue weighted by atomic mass is 9.78. The molecule has 8 nitrogen and oxygen atoms in total. The van der Waals surface area contributed by atoms with Crippen LogP contribution in [0, 0.1) is 25.7 Å². The number of β-amino-alcohol motifs (C(OH)–C–C–N with tert-alkyl or cyclic N) is 1. The van der Waals surface area contributed by atoms with Crippen LogP contribution in [0.4, 0.5) is 5.69 Å². The van der Waals surface area contributed by atoms with Crippen LogP contribution in [0.3, 0.4) is 0 Å². The smallest absolute Gasteiger partial charge is 0.312 e. The van der Waals surface area contributed by atoms with Crippen molar-refractivity contribution in [3.63, 3.8) is 0 Å². The Kier molecular flexibility index (Phi) is 5.81. The number of rotatable bonds is 3. The number of nitrogens with zero attached hydrogens (tertiary/aromatic N) is 2. The van der Waals surface area contributed by atoms with E-state index >= 15 is 0 Å². The quantitative estimate of drug-likeness (QED) is 0.538. The average Bonchev–Trinajstić information content (AvgIpc) is 3.20. The number of fused-ring (bicyclic) bond motifs is 2. The second kappa shape index (κ2) is 8.67. The number of ether oxygens (including phenoxy) is 2. The fourth-order valence-electron chi connectivity index (χ4n) is 6.03. The molecule has 0 bridgehead atoms. The number of hydrogen-bond donors (Lipinski definition) is 1. The Balaban J connectivity index is 1.63. The van der Waals surface area contributed by atoms with Gasteiger partial charge >= 0.3 is 5.97 Å². The summed E-state index contributed by atoms with van der Waals surface area (Å²) in [6.45, 7) is 4.17. The Morgan fingerprint density at radius 1 is 1.12 bits per heavy atom. The van der Waals surface area contributed by atoms with Crippen LogP contribution in [0.2, 0.25) is 0 Å². The maximum Gasteiger partial charge on any atom is 0.312 e. The van der Waals surface area contributed by atoms with Crippen LogP contribution >= 0.6 is 0 Å². The number of anilines is 1. The molecule has 4 heterocycles. The van der Waals surface area contributed by atoms with Crippen molar-refractivity contribution in [2.24, 2.45) is 11.8 Å². The minimum absolute atomic E-state index is 0.0203. The molecule has 180 valence electrons. The SMILES string of the molecule is Cc1cccc(C)c1N1CC=C[C@]23O[C@H]4/C=C\CCCOC(=O)[C@H]4[C@H]2C(=O)N(CCO)C3C1=O. The van der Waals surface area contributed by atoms with Gasteiger partial charge in [0, 0.05) is 18.8 Å². The van der Waals surface area contributed by atoms with Gasteiger partial charge in [-0.15, -0.1) is 0 Å². The van der Waals surface area contributed by atoms with Crippen molar-refractivity contribution in [1.29, 1.82) is 0 Å². The highest BCUT2D eigenvalue weighted by Gasteiger charge is 2.71. The maximum absolute atomic E-state index is 14.2. The Bertz CT molecular complexity index is 1060. The molecule has 1 spiro atoms. The molecule has 34 heavy (non-hydrogen) atoms. The second-order valence-corrected chi connectivity index (χ2v) is 9.43. The van der Waals surface area contributed by atoms with Gasteiger partial charge in [0.05, 0.1) is 25.2 Å². The topological polar surface area (TPSA) is 96.4 Å². The number of amides is 2. The van der Waals surface area contributed by atoms with Gasteiger partial charge in [-0.1, -0.05) is 42.5 Å². The maximum atomic E-state index is 14.2. The van der Waals surface area contributed by atoms with Gasteiger partial charge in [0.2, 0.25) is 5.91 Å². The number of para-hydroxylation sites is 1. The third-order valence-corrected chi connectivity index (χ3v) is 7.40. The predicted molar refractivity (Wildman–Crippen MR) is 124 cm³/mol. The van der Waals surface area contributed by atoms with Crippen molar-refractivity contribution >= 4 is 23.5 Å². The molecule has 1 aromatic carbocycles. The van der Waals surface area contributed by atoms with Crippen molar-refractivity contribution in [3.8, 4) is 0 Å². The lowest BCUT2D eigenvalue weighted by Crippen LogP contribution is -2.56. The first kappa shape index (κ1) is 22.8. The summed E-state index contributed by atoms with van der Waals surface area (Å²) in [5, 5.41) is 9.75. The number of allylic oxidation sites excluding steroid dienone is 1. The number of aryl methyl sites for hydroxylation is 2. The Morgan fingerprint density at radius 3 is 2.62 bits per heavy atom. The first-order valence-corrected chi connectivity index (χ1v) is 11.9. The van der Waals surface area contributed by atoms with Gasteiger partial charge < -0.3 is 24.4 Å². The number of cyclic esters (lactones) is 1. The Hall–Kier alpha value is -2.97. The van der Waals surface area contributed by atoms with E-state index in [-0.39, 0.29) is 31.6 Å². The van der Waals surface area contributed by atoms with E-state index in [1.165, 1.54) is 4.90 Å². The number of carbonyl (C=O) groups is 3. The lowest BCUT2D eigenvalue weighted by Gasteiger charge is -2.35. The predicted octanol–water partition coefficient (Wildman–Crippen LogP) is 1.67. The van der Waals surface area contributed by atoms with E-state index in [0.717, 1.165) is 23.2 Å². The van der Waals surface area contributed by atoms with Crippen LogP contribution in [-0.4, -0.2) is 71.8 Å². The van der Waals surface area contributed by atoms with Crippen molar-refractivity contribution < 1.29 is 29.0 Å². The monoisotopic (exact) mass is 466 g/mol. The van der Waals surface area contributed by atoms with Gasteiger partial charge in [0.1, 0.15) is 17.6 Å². The highest BCUT2D eigenvalue weighted by Crippen LogP contribution is 2.53. The third-order valence-electron chi connectivity index (χ3n) is 7.40. The van der Waals surface area contributed by atoms with Gasteiger partial charge in [-0.05, 0) is 37.8 Å². The van der Waals surface area contributed by atoms with E-state index in [9.17, 15) is 19.5 Å². The molecule has 5 rings (SSSR count). The molecule has 2 saturated heterocycles. The van der Waals surface area contributed by atoms with Crippen molar-refractivity contribution in [3.05, 3.63) is 53.6 Å². The van der Waals surface area contributed by atoms with Crippen molar-refractivity contribution in [2.75, 3.05) is 31.2 Å². The van der Waals surface area contributed by atoms with E-state index in [0.29, 0.717) is 13.0 Å². The van der Waals surface area contributed by atoms with Gasteiger partial charge in [0.15, 0.2) is 0 Å². The van der Waals surface area contributed by atoms with E-state index < -0.39 is 35.6 Å². The van der Waals surface area contributed by atoms with Crippen LogP contribution in [0.1, 0.15) is 24.0 Å². The van der Waals surface area contributed by atoms with Crippen LogP contribution in [0.15, 0.2) is 42.5 Å². The molecule has 0 aliphatic carbocycles. The zero-order valence-corrected chi connectivity index (χ0v) is 19.5. The zero-order chi connectivity index (χ0) is 24.0. The van der Waals surface area contributed by atoms with Crippen LogP contribution in [0.5, 0.6) is 0 Å². The normalized spacial score (nSPS) is 33.9. The molecule has 0 radical (unpaired) electrons. The number of esters is 1. The molecule has 2 fully saturated rings.